The van der Waals surface area contributed by atoms with E-state index in [0.29, 0.717) is 9.87 Å². The number of carboxylic acids is 1. The summed E-state index contributed by atoms with van der Waals surface area (Å²) in [6, 6.07) is 9.09. The van der Waals surface area contributed by atoms with Gasteiger partial charge in [-0.05, 0) is 26.0 Å². The van der Waals surface area contributed by atoms with E-state index in [4.69, 9.17) is 0 Å². The van der Waals surface area contributed by atoms with Gasteiger partial charge >= 0.3 is 5.97 Å². The molecule has 0 heterocycles. The number of benzene rings is 2. The molecular formula is C18H18N2O7S. The normalized spacial score (nSPS) is 12.5. The number of rotatable bonds is 8. The molecule has 1 N–H and O–H groups in total. The lowest BCUT2D eigenvalue weighted by Gasteiger charge is -2.25. The van der Waals surface area contributed by atoms with E-state index in [0.717, 1.165) is 0 Å². The minimum atomic E-state index is -4.31. The second-order valence-corrected chi connectivity index (χ2v) is 7.92. The molecule has 0 bridgehead atoms. The van der Waals surface area contributed by atoms with Crippen LogP contribution in [-0.2, 0) is 21.4 Å². The smallest absolute Gasteiger partial charge is 0.321 e. The largest absolute Gasteiger partial charge is 0.480 e. The van der Waals surface area contributed by atoms with E-state index in [9.17, 15) is 33.2 Å². The summed E-state index contributed by atoms with van der Waals surface area (Å²) in [5, 5.41) is 20.6. The number of carboxylic acid groups (broad SMARTS) is 1. The van der Waals surface area contributed by atoms with Gasteiger partial charge in [-0.1, -0.05) is 30.3 Å². The molecule has 1 unspecified atom stereocenters. The maximum atomic E-state index is 13.1. The van der Waals surface area contributed by atoms with Gasteiger partial charge in [-0.3, -0.25) is 19.7 Å². The fraction of sp³-hybridized carbons (Fsp3) is 0.222. The molecular weight excluding hydrogens is 388 g/mol. The van der Waals surface area contributed by atoms with Crippen LogP contribution in [0.3, 0.4) is 0 Å². The zero-order valence-electron chi connectivity index (χ0n) is 15.1. The molecule has 0 amide bonds. The number of nitro groups is 1. The van der Waals surface area contributed by atoms with Crippen LogP contribution in [0.1, 0.15) is 29.8 Å². The van der Waals surface area contributed by atoms with Crippen molar-refractivity contribution in [3.8, 4) is 0 Å². The van der Waals surface area contributed by atoms with Gasteiger partial charge in [0.2, 0.25) is 10.0 Å². The predicted molar refractivity (Wildman–Crippen MR) is 99.4 cm³/mol. The molecule has 0 fully saturated rings. The zero-order chi connectivity index (χ0) is 21.1. The zero-order valence-corrected chi connectivity index (χ0v) is 15.9. The molecule has 0 aliphatic rings. The average Bonchev–Trinajstić information content (AvgIpc) is 2.65. The highest BCUT2D eigenvalue weighted by Gasteiger charge is 2.34. The van der Waals surface area contributed by atoms with Gasteiger partial charge in [0.05, 0.1) is 9.82 Å². The van der Waals surface area contributed by atoms with Gasteiger partial charge in [-0.25, -0.2) is 8.42 Å². The monoisotopic (exact) mass is 406 g/mol. The van der Waals surface area contributed by atoms with Crippen LogP contribution < -0.4 is 0 Å². The molecule has 0 radical (unpaired) electrons. The molecule has 1 atom stereocenters. The first kappa shape index (κ1) is 21.2. The van der Waals surface area contributed by atoms with Gasteiger partial charge in [0.25, 0.3) is 5.69 Å². The number of carbonyl (C=O) groups is 2. The number of aliphatic carboxylic acids is 1. The van der Waals surface area contributed by atoms with Gasteiger partial charge in [0, 0.05) is 23.7 Å². The molecule has 2 rings (SSSR count). The Morgan fingerprint density at radius 2 is 1.71 bits per heavy atom. The third-order valence-corrected chi connectivity index (χ3v) is 6.10. The molecule has 0 saturated carbocycles. The summed E-state index contributed by atoms with van der Waals surface area (Å²) in [6.07, 6.45) is 0. The Labute approximate surface area is 161 Å². The van der Waals surface area contributed by atoms with E-state index in [1.54, 1.807) is 0 Å². The number of nitrogens with zero attached hydrogens (tertiary/aromatic N) is 2. The second kappa shape index (κ2) is 8.28. The number of carbonyl (C=O) groups excluding carboxylic acids is 1. The highest BCUT2D eigenvalue weighted by Crippen LogP contribution is 2.26. The van der Waals surface area contributed by atoms with E-state index >= 15 is 0 Å². The van der Waals surface area contributed by atoms with Crippen molar-refractivity contribution in [2.45, 2.75) is 31.3 Å². The lowest BCUT2D eigenvalue weighted by Crippen LogP contribution is -2.42. The molecule has 0 aliphatic heterocycles. The van der Waals surface area contributed by atoms with Crippen LogP contribution in [-0.4, -0.2) is 40.5 Å². The third kappa shape index (κ3) is 4.41. The lowest BCUT2D eigenvalue weighted by atomic mass is 10.1. The standard InChI is InChI=1S/C18H18N2O7S/c1-12(18(22)23)19(11-15-5-3-4-6-17(15)20(24)25)28(26,27)16-9-7-14(8-10-16)13(2)21/h3-10,12H,11H2,1-2H3,(H,22,23). The van der Waals surface area contributed by atoms with Gasteiger partial charge < -0.3 is 5.11 Å². The summed E-state index contributed by atoms with van der Waals surface area (Å²) < 4.78 is 26.8. The second-order valence-electron chi connectivity index (χ2n) is 6.03. The first-order valence-corrected chi connectivity index (χ1v) is 9.57. The van der Waals surface area contributed by atoms with E-state index < -0.39 is 33.5 Å². The highest BCUT2D eigenvalue weighted by atomic mass is 32.2. The maximum Gasteiger partial charge on any atom is 0.321 e. The Morgan fingerprint density at radius 1 is 1.14 bits per heavy atom. The van der Waals surface area contributed by atoms with Crippen LogP contribution >= 0.6 is 0 Å². The Hall–Kier alpha value is -3.11. The molecule has 28 heavy (non-hydrogen) atoms. The Balaban J connectivity index is 2.52. The van der Waals surface area contributed by atoms with Crippen molar-refractivity contribution in [1.82, 2.24) is 4.31 Å². The number of ketones is 1. The van der Waals surface area contributed by atoms with Gasteiger partial charge in [-0.15, -0.1) is 0 Å². The summed E-state index contributed by atoms with van der Waals surface area (Å²) in [6.45, 7) is 2.01. The van der Waals surface area contributed by atoms with Crippen LogP contribution in [0.25, 0.3) is 0 Å². The Kier molecular flexibility index (Phi) is 6.26. The van der Waals surface area contributed by atoms with E-state index in [1.807, 2.05) is 0 Å². The van der Waals surface area contributed by atoms with Gasteiger partial charge in [0.1, 0.15) is 6.04 Å². The Bertz CT molecular complexity index is 1020. The average molecular weight is 406 g/mol. The molecule has 0 spiro atoms. The number of hydrogen-bond acceptors (Lipinski definition) is 6. The number of hydrogen-bond donors (Lipinski definition) is 1. The van der Waals surface area contributed by atoms with Crippen molar-refractivity contribution in [3.63, 3.8) is 0 Å². The Morgan fingerprint density at radius 3 is 2.21 bits per heavy atom. The fourth-order valence-corrected chi connectivity index (χ4v) is 4.11. The lowest BCUT2D eigenvalue weighted by molar-refractivity contribution is -0.385. The van der Waals surface area contributed by atoms with Crippen molar-refractivity contribution in [2.75, 3.05) is 0 Å². The van der Waals surface area contributed by atoms with Crippen LogP contribution in [0.5, 0.6) is 0 Å². The minimum absolute atomic E-state index is 0.0598. The van der Waals surface area contributed by atoms with Crippen molar-refractivity contribution in [2.24, 2.45) is 0 Å². The van der Waals surface area contributed by atoms with E-state index in [1.165, 1.54) is 62.4 Å². The van der Waals surface area contributed by atoms with Crippen molar-refractivity contribution >= 4 is 27.5 Å². The SMILES string of the molecule is CC(=O)c1ccc(S(=O)(=O)N(Cc2ccccc2[N+](=O)[O-])C(C)C(=O)O)cc1. The predicted octanol–water partition coefficient (Wildman–Crippen LogP) is 2.46. The summed E-state index contributed by atoms with van der Waals surface area (Å²) in [5.41, 5.74) is 0.0484. The molecule has 148 valence electrons. The summed E-state index contributed by atoms with van der Waals surface area (Å²) in [4.78, 5) is 33.2. The topological polar surface area (TPSA) is 135 Å². The van der Waals surface area contributed by atoms with Gasteiger partial charge in [0.15, 0.2) is 5.78 Å². The highest BCUT2D eigenvalue weighted by molar-refractivity contribution is 7.89. The van der Waals surface area contributed by atoms with Crippen molar-refractivity contribution < 1.29 is 28.0 Å². The molecule has 2 aromatic rings. The fourth-order valence-electron chi connectivity index (χ4n) is 2.54. The quantitative estimate of drug-likeness (QED) is 0.404. The van der Waals surface area contributed by atoms with E-state index in [-0.39, 0.29) is 21.9 Å². The molecule has 2 aromatic carbocycles. The first-order chi connectivity index (χ1) is 13.1. The number of sulfonamides is 1. The number of nitro benzene ring substituents is 1. The van der Waals surface area contributed by atoms with Crippen LogP contribution in [0.4, 0.5) is 5.69 Å². The molecule has 10 heteroatoms. The molecule has 9 nitrogen and oxygen atoms in total. The molecule has 0 aliphatic carbocycles. The summed E-state index contributed by atoms with van der Waals surface area (Å²) in [7, 11) is -4.31. The number of para-hydroxylation sites is 1. The summed E-state index contributed by atoms with van der Waals surface area (Å²) in [5.74, 6) is -1.65. The van der Waals surface area contributed by atoms with Crippen molar-refractivity contribution in [3.05, 3.63) is 69.8 Å². The van der Waals surface area contributed by atoms with Crippen LogP contribution in [0.2, 0.25) is 0 Å². The summed E-state index contributed by atoms with van der Waals surface area (Å²) >= 11 is 0. The third-order valence-electron chi connectivity index (χ3n) is 4.17. The van der Waals surface area contributed by atoms with Crippen LogP contribution in [0.15, 0.2) is 53.4 Å². The van der Waals surface area contributed by atoms with E-state index in [2.05, 4.69) is 0 Å². The first-order valence-electron chi connectivity index (χ1n) is 8.13. The molecule has 0 saturated heterocycles. The molecule has 0 aromatic heterocycles. The maximum absolute atomic E-state index is 13.1. The minimum Gasteiger partial charge on any atom is -0.480 e. The van der Waals surface area contributed by atoms with Gasteiger partial charge in [-0.2, -0.15) is 4.31 Å². The number of Topliss-reactive ketones (excluding diaryl/α,β-unsaturated/α-hetero) is 1. The van der Waals surface area contributed by atoms with Crippen molar-refractivity contribution in [1.29, 1.82) is 0 Å². The van der Waals surface area contributed by atoms with Crippen LogP contribution in [0, 0.1) is 10.1 Å².